The third kappa shape index (κ3) is 4.24. The van der Waals surface area contributed by atoms with Crippen molar-refractivity contribution in [3.8, 4) is 11.4 Å². The van der Waals surface area contributed by atoms with E-state index in [1.165, 1.54) is 0 Å². The number of rotatable bonds is 7. The zero-order chi connectivity index (χ0) is 15.9. The summed E-state index contributed by atoms with van der Waals surface area (Å²) in [5.41, 5.74) is 0.859. The van der Waals surface area contributed by atoms with E-state index in [2.05, 4.69) is 10.2 Å². The number of ether oxygens (including phenoxy) is 1. The molecule has 0 unspecified atom stereocenters. The van der Waals surface area contributed by atoms with Crippen LogP contribution in [-0.4, -0.2) is 33.1 Å². The van der Waals surface area contributed by atoms with Crippen molar-refractivity contribution >= 4 is 29.3 Å². The summed E-state index contributed by atoms with van der Waals surface area (Å²) in [6, 6.07) is 7.55. The van der Waals surface area contributed by atoms with Crippen LogP contribution in [0, 0.1) is 0 Å². The van der Waals surface area contributed by atoms with Gasteiger partial charge in [-0.05, 0) is 25.5 Å². The van der Waals surface area contributed by atoms with E-state index >= 15 is 0 Å². The minimum atomic E-state index is -0.155. The quantitative estimate of drug-likeness (QED) is 0.438. The molecule has 0 saturated carbocycles. The van der Waals surface area contributed by atoms with Crippen molar-refractivity contribution in [2.45, 2.75) is 24.9 Å². The van der Waals surface area contributed by atoms with E-state index in [0.717, 1.165) is 28.7 Å². The number of thioether (sulfide) groups is 1. The maximum Gasteiger partial charge on any atom is 0.305 e. The Bertz CT molecular complexity index is 645. The molecule has 1 aromatic carbocycles. The molecule has 7 heteroatoms. The van der Waals surface area contributed by atoms with E-state index in [9.17, 15) is 4.79 Å². The lowest BCUT2D eigenvalue weighted by Gasteiger charge is -2.05. The Labute approximate surface area is 139 Å². The molecule has 0 atom stereocenters. The number of hydrogen-bond donors (Lipinski definition) is 0. The Hall–Kier alpha value is -1.53. The van der Waals surface area contributed by atoms with Gasteiger partial charge in [0.15, 0.2) is 11.0 Å². The molecule has 0 bridgehead atoms. The average molecular weight is 340 g/mol. The number of carbonyl (C=O) groups excluding carboxylic acids is 1. The number of esters is 1. The Balaban J connectivity index is 1.94. The lowest BCUT2D eigenvalue weighted by Crippen LogP contribution is -2.04. The molecule has 0 amide bonds. The minimum absolute atomic E-state index is 0.155. The molecule has 2 rings (SSSR count). The molecule has 0 fully saturated rings. The lowest BCUT2D eigenvalue weighted by atomic mass is 10.2. The van der Waals surface area contributed by atoms with Crippen LogP contribution in [0.3, 0.4) is 0 Å². The van der Waals surface area contributed by atoms with Crippen LogP contribution < -0.4 is 0 Å². The van der Waals surface area contributed by atoms with Crippen molar-refractivity contribution in [2.24, 2.45) is 7.05 Å². The lowest BCUT2D eigenvalue weighted by molar-refractivity contribution is -0.143. The molecule has 5 nitrogen and oxygen atoms in total. The van der Waals surface area contributed by atoms with Crippen molar-refractivity contribution in [3.05, 3.63) is 29.3 Å². The predicted molar refractivity (Wildman–Crippen MR) is 88.0 cm³/mol. The standard InChI is InChI=1S/C15H18ClN3O2S/c1-3-21-13(20)9-6-10-22-15-18-17-14(19(15)2)11-7-4-5-8-12(11)16/h4-5,7-8H,3,6,9-10H2,1-2H3. The second-order valence-electron chi connectivity index (χ2n) is 4.60. The molecule has 0 saturated heterocycles. The minimum Gasteiger partial charge on any atom is -0.466 e. The van der Waals surface area contributed by atoms with Gasteiger partial charge in [0, 0.05) is 24.8 Å². The van der Waals surface area contributed by atoms with Gasteiger partial charge >= 0.3 is 5.97 Å². The maximum atomic E-state index is 11.3. The summed E-state index contributed by atoms with van der Waals surface area (Å²) in [6.45, 7) is 2.24. The summed E-state index contributed by atoms with van der Waals surface area (Å²) in [5, 5.41) is 9.85. The van der Waals surface area contributed by atoms with Crippen molar-refractivity contribution in [1.82, 2.24) is 14.8 Å². The summed E-state index contributed by atoms with van der Waals surface area (Å²) in [5.74, 6) is 1.36. The van der Waals surface area contributed by atoms with E-state index in [4.69, 9.17) is 16.3 Å². The average Bonchev–Trinajstić information content (AvgIpc) is 2.86. The summed E-state index contributed by atoms with van der Waals surface area (Å²) < 4.78 is 6.81. The highest BCUT2D eigenvalue weighted by molar-refractivity contribution is 7.99. The smallest absolute Gasteiger partial charge is 0.305 e. The monoisotopic (exact) mass is 339 g/mol. The number of nitrogens with zero attached hydrogens (tertiary/aromatic N) is 3. The van der Waals surface area contributed by atoms with E-state index in [0.29, 0.717) is 18.1 Å². The highest BCUT2D eigenvalue weighted by Crippen LogP contribution is 2.28. The number of aromatic nitrogens is 3. The second kappa shape index (κ2) is 8.19. The van der Waals surface area contributed by atoms with Crippen LogP contribution in [0.2, 0.25) is 5.02 Å². The van der Waals surface area contributed by atoms with Crippen molar-refractivity contribution < 1.29 is 9.53 Å². The Morgan fingerprint density at radius 2 is 2.14 bits per heavy atom. The van der Waals surface area contributed by atoms with Gasteiger partial charge in [-0.2, -0.15) is 0 Å². The highest BCUT2D eigenvalue weighted by Gasteiger charge is 2.13. The summed E-state index contributed by atoms with van der Waals surface area (Å²) in [4.78, 5) is 11.3. The van der Waals surface area contributed by atoms with E-state index < -0.39 is 0 Å². The summed E-state index contributed by atoms with van der Waals surface area (Å²) in [7, 11) is 1.91. The van der Waals surface area contributed by atoms with Crippen LogP contribution in [0.1, 0.15) is 19.8 Å². The van der Waals surface area contributed by atoms with Crippen molar-refractivity contribution in [2.75, 3.05) is 12.4 Å². The molecule has 0 N–H and O–H groups in total. The molecule has 0 aliphatic carbocycles. The molecule has 0 radical (unpaired) electrons. The molecule has 0 aliphatic rings. The van der Waals surface area contributed by atoms with Crippen LogP contribution in [0.5, 0.6) is 0 Å². The fraction of sp³-hybridized carbons (Fsp3) is 0.400. The Morgan fingerprint density at radius 3 is 2.86 bits per heavy atom. The normalized spacial score (nSPS) is 10.7. The van der Waals surface area contributed by atoms with Crippen LogP contribution in [0.25, 0.3) is 11.4 Å². The SMILES string of the molecule is CCOC(=O)CCCSc1nnc(-c2ccccc2Cl)n1C. The molecule has 22 heavy (non-hydrogen) atoms. The van der Waals surface area contributed by atoms with Gasteiger partial charge in [0.05, 0.1) is 11.6 Å². The van der Waals surface area contributed by atoms with Gasteiger partial charge in [-0.25, -0.2) is 0 Å². The zero-order valence-corrected chi connectivity index (χ0v) is 14.2. The third-order valence-corrected chi connectivity index (χ3v) is 4.45. The van der Waals surface area contributed by atoms with Gasteiger partial charge in [0.2, 0.25) is 0 Å². The molecule has 118 valence electrons. The first-order valence-corrected chi connectivity index (χ1v) is 8.42. The summed E-state index contributed by atoms with van der Waals surface area (Å²) >= 11 is 7.76. The molecular formula is C15H18ClN3O2S. The van der Waals surface area contributed by atoms with Gasteiger partial charge in [0.25, 0.3) is 0 Å². The molecular weight excluding hydrogens is 322 g/mol. The first kappa shape index (κ1) is 16.8. The zero-order valence-electron chi connectivity index (χ0n) is 12.6. The van der Waals surface area contributed by atoms with Crippen LogP contribution in [0.15, 0.2) is 29.4 Å². The van der Waals surface area contributed by atoms with Crippen molar-refractivity contribution in [3.63, 3.8) is 0 Å². The molecule has 0 aliphatic heterocycles. The van der Waals surface area contributed by atoms with Crippen LogP contribution in [0.4, 0.5) is 0 Å². The van der Waals surface area contributed by atoms with Crippen LogP contribution in [-0.2, 0) is 16.6 Å². The third-order valence-electron chi connectivity index (χ3n) is 3.01. The van der Waals surface area contributed by atoms with Gasteiger partial charge < -0.3 is 9.30 Å². The topological polar surface area (TPSA) is 57.0 Å². The van der Waals surface area contributed by atoms with E-state index in [-0.39, 0.29) is 5.97 Å². The number of benzene rings is 1. The Morgan fingerprint density at radius 1 is 1.36 bits per heavy atom. The van der Waals surface area contributed by atoms with Gasteiger partial charge in [-0.15, -0.1) is 10.2 Å². The van der Waals surface area contributed by atoms with Crippen molar-refractivity contribution in [1.29, 1.82) is 0 Å². The fourth-order valence-corrected chi connectivity index (χ4v) is 3.00. The molecule has 0 spiro atoms. The van der Waals surface area contributed by atoms with Gasteiger partial charge in [-0.3, -0.25) is 4.79 Å². The molecule has 1 heterocycles. The molecule has 2 aromatic rings. The number of halogens is 1. The Kier molecular flexibility index (Phi) is 6.27. The number of carbonyl (C=O) groups is 1. The first-order chi connectivity index (χ1) is 10.6. The largest absolute Gasteiger partial charge is 0.466 e. The predicted octanol–water partition coefficient (Wildman–Crippen LogP) is 3.57. The van der Waals surface area contributed by atoms with Gasteiger partial charge in [-0.1, -0.05) is 35.5 Å². The first-order valence-electron chi connectivity index (χ1n) is 7.06. The highest BCUT2D eigenvalue weighted by atomic mass is 35.5. The van der Waals surface area contributed by atoms with E-state index in [1.54, 1.807) is 11.8 Å². The summed E-state index contributed by atoms with van der Waals surface area (Å²) in [6.07, 6.45) is 1.17. The molecule has 1 aromatic heterocycles. The van der Waals surface area contributed by atoms with Crippen LogP contribution >= 0.6 is 23.4 Å². The van der Waals surface area contributed by atoms with Gasteiger partial charge in [0.1, 0.15) is 0 Å². The second-order valence-corrected chi connectivity index (χ2v) is 6.07. The number of hydrogen-bond acceptors (Lipinski definition) is 5. The fourth-order valence-electron chi connectivity index (χ4n) is 1.93. The van der Waals surface area contributed by atoms with E-state index in [1.807, 2.05) is 42.8 Å². The maximum absolute atomic E-state index is 11.3.